The largest absolute Gasteiger partial charge is 2.00 e. The van der Waals surface area contributed by atoms with E-state index in [1.165, 1.54) is 178 Å². The van der Waals surface area contributed by atoms with Crippen molar-refractivity contribution in [3.8, 4) is 0 Å². The zero-order valence-electron chi connectivity index (χ0n) is 32.4. The second-order valence-corrected chi connectivity index (χ2v) is 16.9. The van der Waals surface area contributed by atoms with Gasteiger partial charge in [-0.2, -0.15) is 0 Å². The maximum Gasteiger partial charge on any atom is 2.00 e. The zero-order valence-corrected chi connectivity index (χ0v) is 37.0. The monoisotopic (exact) mass is 798 g/mol. The molecule has 288 valence electrons. The average molecular weight is 801 g/mol. The summed E-state index contributed by atoms with van der Waals surface area (Å²) in [6, 6.07) is 12.7. The molecular formula is C42H70O6S2Zn. The normalized spacial score (nSPS) is 11.5. The predicted molar refractivity (Wildman–Crippen MR) is 208 cm³/mol. The Labute approximate surface area is 327 Å². The van der Waals surface area contributed by atoms with Gasteiger partial charge < -0.3 is 9.11 Å². The van der Waals surface area contributed by atoms with Crippen molar-refractivity contribution in [2.75, 3.05) is 0 Å². The van der Waals surface area contributed by atoms with Crippen molar-refractivity contribution in [1.82, 2.24) is 0 Å². The zero-order chi connectivity index (χ0) is 36.8. The summed E-state index contributed by atoms with van der Waals surface area (Å²) < 4.78 is 65.2. The number of hydrogen-bond donors (Lipinski definition) is 0. The fraction of sp³-hybridized carbons (Fsp3) is 0.714. The maximum absolute atomic E-state index is 10.9. The van der Waals surface area contributed by atoms with Crippen LogP contribution in [0.1, 0.15) is 192 Å². The molecule has 0 unspecified atom stereocenters. The first-order chi connectivity index (χ1) is 24.1. The van der Waals surface area contributed by atoms with E-state index in [9.17, 15) is 25.9 Å². The third-order valence-electron chi connectivity index (χ3n) is 9.56. The molecule has 0 amide bonds. The second kappa shape index (κ2) is 32.3. The number of rotatable bonds is 30. The van der Waals surface area contributed by atoms with Gasteiger partial charge in [-0.05, 0) is 61.1 Å². The van der Waals surface area contributed by atoms with Crippen molar-refractivity contribution in [1.29, 1.82) is 0 Å². The van der Waals surface area contributed by atoms with E-state index in [1.807, 2.05) is 0 Å². The Bertz CT molecular complexity index is 1180. The summed E-state index contributed by atoms with van der Waals surface area (Å²) in [5, 5.41) is 0. The van der Waals surface area contributed by atoms with Crippen LogP contribution in [0.3, 0.4) is 0 Å². The van der Waals surface area contributed by atoms with Crippen molar-refractivity contribution in [2.45, 2.75) is 203 Å². The van der Waals surface area contributed by atoms with Gasteiger partial charge >= 0.3 is 19.5 Å². The second-order valence-electron chi connectivity index (χ2n) is 14.2. The van der Waals surface area contributed by atoms with E-state index in [-0.39, 0.29) is 29.3 Å². The standard InChI is InChI=1S/2C21H36O3S.Zn/c2*1-2-3-4-5-6-7-8-9-10-11-12-13-14-15-20-16-18-21(19-17-20)25(22,23)24;/h2*16-19H,2-15H2,1H3,(H,22,23,24);/q;;+2/p-2. The third-order valence-corrected chi connectivity index (χ3v) is 11.3. The van der Waals surface area contributed by atoms with Crippen LogP contribution in [0, 0.1) is 0 Å². The Kier molecular flexibility index (Phi) is 31.6. The number of aryl methyl sites for hydroxylation is 2. The minimum atomic E-state index is -4.32. The van der Waals surface area contributed by atoms with E-state index < -0.39 is 20.2 Å². The average Bonchev–Trinajstić information content (AvgIpc) is 3.09. The smallest absolute Gasteiger partial charge is 0.744 e. The van der Waals surface area contributed by atoms with Crippen LogP contribution < -0.4 is 0 Å². The molecular weight excluding hydrogens is 730 g/mol. The third kappa shape index (κ3) is 29.0. The van der Waals surface area contributed by atoms with Gasteiger partial charge in [-0.1, -0.05) is 192 Å². The van der Waals surface area contributed by atoms with Gasteiger partial charge in [-0.3, -0.25) is 0 Å². The summed E-state index contributed by atoms with van der Waals surface area (Å²) in [7, 11) is -8.64. The van der Waals surface area contributed by atoms with Gasteiger partial charge in [-0.15, -0.1) is 0 Å². The van der Waals surface area contributed by atoms with Gasteiger partial charge in [0.25, 0.3) is 0 Å². The van der Waals surface area contributed by atoms with Crippen LogP contribution in [0.25, 0.3) is 0 Å². The first kappa shape index (κ1) is 49.9. The molecule has 0 aliphatic rings. The fourth-order valence-corrected chi connectivity index (χ4v) is 7.28. The Morgan fingerprint density at radius 1 is 0.353 bits per heavy atom. The molecule has 0 spiro atoms. The Morgan fingerprint density at radius 3 is 0.745 bits per heavy atom. The molecule has 51 heavy (non-hydrogen) atoms. The maximum atomic E-state index is 10.9. The number of unbranched alkanes of at least 4 members (excludes halogenated alkanes) is 24. The van der Waals surface area contributed by atoms with E-state index >= 15 is 0 Å². The molecule has 0 atom stereocenters. The summed E-state index contributed by atoms with van der Waals surface area (Å²) in [4.78, 5) is -0.275. The van der Waals surface area contributed by atoms with Crippen molar-refractivity contribution in [3.05, 3.63) is 59.7 Å². The quantitative estimate of drug-likeness (QED) is 0.0441. The number of benzene rings is 2. The minimum absolute atomic E-state index is 0. The summed E-state index contributed by atoms with van der Waals surface area (Å²) in [5.74, 6) is 0. The Balaban J connectivity index is 0.000000962. The van der Waals surface area contributed by atoms with Gasteiger partial charge in [0.2, 0.25) is 0 Å². The first-order valence-corrected chi connectivity index (χ1v) is 23.0. The van der Waals surface area contributed by atoms with Crippen LogP contribution in [0.5, 0.6) is 0 Å². The van der Waals surface area contributed by atoms with Gasteiger partial charge in [0.1, 0.15) is 20.2 Å². The SMILES string of the molecule is CCCCCCCCCCCCCCCc1ccc(S(=O)(=O)[O-])cc1.CCCCCCCCCCCCCCCc1ccc(S(=O)(=O)[O-])cc1.[Zn+2]. The molecule has 2 aromatic rings. The summed E-state index contributed by atoms with van der Waals surface area (Å²) in [5.41, 5.74) is 2.21. The molecule has 0 radical (unpaired) electrons. The van der Waals surface area contributed by atoms with Crippen LogP contribution in [0.15, 0.2) is 58.3 Å². The molecule has 0 aromatic heterocycles. The van der Waals surface area contributed by atoms with Crippen LogP contribution in [-0.4, -0.2) is 25.9 Å². The molecule has 0 bridgehead atoms. The predicted octanol–water partition coefficient (Wildman–Crippen LogP) is 12.4. The molecule has 6 nitrogen and oxygen atoms in total. The molecule has 0 saturated heterocycles. The van der Waals surface area contributed by atoms with Crippen molar-refractivity contribution in [2.24, 2.45) is 0 Å². The molecule has 2 rings (SSSR count). The topological polar surface area (TPSA) is 114 Å². The van der Waals surface area contributed by atoms with E-state index in [2.05, 4.69) is 13.8 Å². The van der Waals surface area contributed by atoms with Gasteiger partial charge in [0.15, 0.2) is 0 Å². The molecule has 0 aliphatic heterocycles. The Morgan fingerprint density at radius 2 is 0.549 bits per heavy atom. The molecule has 0 N–H and O–H groups in total. The van der Waals surface area contributed by atoms with Gasteiger partial charge in [0, 0.05) is 0 Å². The molecule has 0 saturated carbocycles. The van der Waals surface area contributed by atoms with Gasteiger partial charge in [0.05, 0.1) is 9.79 Å². The van der Waals surface area contributed by atoms with E-state index in [0.717, 1.165) is 36.8 Å². The molecule has 0 heterocycles. The molecule has 9 heteroatoms. The number of hydrogen-bond acceptors (Lipinski definition) is 6. The summed E-state index contributed by atoms with van der Waals surface area (Å²) in [6.45, 7) is 4.52. The molecule has 2 aromatic carbocycles. The van der Waals surface area contributed by atoms with Crippen molar-refractivity contribution >= 4 is 20.2 Å². The van der Waals surface area contributed by atoms with E-state index in [4.69, 9.17) is 0 Å². The Hall–Kier alpha value is -1.12. The summed E-state index contributed by atoms with van der Waals surface area (Å²) in [6.07, 6.45) is 36.7. The molecule has 0 fully saturated rings. The fourth-order valence-electron chi connectivity index (χ4n) is 6.34. The van der Waals surface area contributed by atoms with Crippen molar-refractivity contribution < 1.29 is 45.4 Å². The van der Waals surface area contributed by atoms with Crippen molar-refractivity contribution in [3.63, 3.8) is 0 Å². The van der Waals surface area contributed by atoms with E-state index in [0.29, 0.717) is 0 Å². The minimum Gasteiger partial charge on any atom is -0.744 e. The van der Waals surface area contributed by atoms with E-state index in [1.54, 1.807) is 24.3 Å². The molecule has 0 aliphatic carbocycles. The first-order valence-electron chi connectivity index (χ1n) is 20.2. The van der Waals surface area contributed by atoms with Gasteiger partial charge in [-0.25, -0.2) is 16.8 Å². The van der Waals surface area contributed by atoms with Crippen LogP contribution in [-0.2, 0) is 52.6 Å². The van der Waals surface area contributed by atoms with Crippen LogP contribution >= 0.6 is 0 Å². The summed E-state index contributed by atoms with van der Waals surface area (Å²) >= 11 is 0. The van der Waals surface area contributed by atoms with Crippen LogP contribution in [0.4, 0.5) is 0 Å². The van der Waals surface area contributed by atoms with Crippen LogP contribution in [0.2, 0.25) is 0 Å².